The first-order valence-corrected chi connectivity index (χ1v) is 10.9. The third-order valence-electron chi connectivity index (χ3n) is 4.35. The maximum absolute atomic E-state index is 13.3. The van der Waals surface area contributed by atoms with Crippen molar-refractivity contribution in [2.24, 2.45) is 0 Å². The van der Waals surface area contributed by atoms with Crippen molar-refractivity contribution in [1.82, 2.24) is 0 Å². The van der Waals surface area contributed by atoms with Crippen LogP contribution in [0, 0.1) is 6.92 Å². The Kier molecular flexibility index (Phi) is 6.59. The van der Waals surface area contributed by atoms with Crippen LogP contribution in [0.2, 0.25) is 5.02 Å². The summed E-state index contributed by atoms with van der Waals surface area (Å²) in [6.07, 6.45) is 2.76. The molecule has 0 fully saturated rings. The first-order valence-electron chi connectivity index (χ1n) is 9.05. The molecule has 154 valence electrons. The Bertz CT molecular complexity index is 1150. The predicted molar refractivity (Wildman–Crippen MR) is 119 cm³/mol. The maximum atomic E-state index is 13.3. The first kappa shape index (κ1) is 21.6. The van der Waals surface area contributed by atoms with E-state index in [0.29, 0.717) is 10.8 Å². The Hall–Kier alpha value is -3.09. The molecular weight excluding hydrogens is 422 g/mol. The normalized spacial score (nSPS) is 11.4. The molecule has 5 nitrogen and oxygen atoms in total. The number of nitrogens with zero attached hydrogens (tertiary/aromatic N) is 1. The summed E-state index contributed by atoms with van der Waals surface area (Å²) in [7, 11) is -2.62. The second kappa shape index (κ2) is 9.15. The van der Waals surface area contributed by atoms with Crippen LogP contribution in [-0.4, -0.2) is 21.4 Å². The van der Waals surface area contributed by atoms with Gasteiger partial charge in [-0.25, -0.2) is 8.42 Å². The molecule has 0 aromatic heterocycles. The van der Waals surface area contributed by atoms with Crippen LogP contribution in [0.1, 0.15) is 11.1 Å². The van der Waals surface area contributed by atoms with Gasteiger partial charge in [0.2, 0.25) is 0 Å². The van der Waals surface area contributed by atoms with Gasteiger partial charge in [0, 0.05) is 11.1 Å². The van der Waals surface area contributed by atoms with E-state index in [1.807, 2.05) is 6.92 Å². The molecule has 0 aliphatic rings. The lowest BCUT2D eigenvalue weighted by atomic mass is 10.2. The number of rotatable bonds is 6. The second-order valence-corrected chi connectivity index (χ2v) is 8.73. The van der Waals surface area contributed by atoms with Crippen LogP contribution >= 0.6 is 11.6 Å². The Morgan fingerprint density at radius 3 is 2.10 bits per heavy atom. The minimum atomic E-state index is -4.13. The molecule has 0 atom stereocenters. The summed E-state index contributed by atoms with van der Waals surface area (Å²) >= 11 is 5.88. The average molecular weight is 442 g/mol. The van der Waals surface area contributed by atoms with E-state index in [1.54, 1.807) is 54.6 Å². The van der Waals surface area contributed by atoms with Crippen LogP contribution in [0.3, 0.4) is 0 Å². The number of amides is 1. The molecule has 7 heteroatoms. The van der Waals surface area contributed by atoms with Crippen molar-refractivity contribution in [2.75, 3.05) is 11.4 Å². The SMILES string of the molecule is COc1ccc(N(C(=O)/C=C/c2ccc(Cl)cc2)S(=O)(=O)c2ccc(C)cc2)cc1. The lowest BCUT2D eigenvalue weighted by molar-refractivity contribution is -0.113. The molecule has 0 bridgehead atoms. The van der Waals surface area contributed by atoms with Crippen molar-refractivity contribution in [3.63, 3.8) is 0 Å². The number of benzene rings is 3. The summed E-state index contributed by atoms with van der Waals surface area (Å²) in [6.45, 7) is 1.86. The van der Waals surface area contributed by atoms with Gasteiger partial charge in [-0.05, 0) is 67.1 Å². The second-order valence-electron chi connectivity index (χ2n) is 6.50. The van der Waals surface area contributed by atoms with Crippen molar-refractivity contribution in [1.29, 1.82) is 0 Å². The van der Waals surface area contributed by atoms with Crippen molar-refractivity contribution >= 4 is 39.3 Å². The van der Waals surface area contributed by atoms with Crippen LogP contribution in [0.4, 0.5) is 5.69 Å². The fourth-order valence-corrected chi connectivity index (χ4v) is 4.24. The maximum Gasteiger partial charge on any atom is 0.271 e. The largest absolute Gasteiger partial charge is 0.497 e. The topological polar surface area (TPSA) is 63.7 Å². The van der Waals surface area contributed by atoms with Crippen molar-refractivity contribution in [2.45, 2.75) is 11.8 Å². The number of hydrogen-bond acceptors (Lipinski definition) is 4. The van der Waals surface area contributed by atoms with Gasteiger partial charge in [0.05, 0.1) is 17.7 Å². The fourth-order valence-electron chi connectivity index (χ4n) is 2.73. The highest BCUT2D eigenvalue weighted by atomic mass is 35.5. The zero-order chi connectivity index (χ0) is 21.7. The Morgan fingerprint density at radius 2 is 1.53 bits per heavy atom. The van der Waals surface area contributed by atoms with Crippen LogP contribution < -0.4 is 9.04 Å². The number of carbonyl (C=O) groups is 1. The van der Waals surface area contributed by atoms with Crippen LogP contribution in [0.15, 0.2) is 83.8 Å². The minimum Gasteiger partial charge on any atom is -0.497 e. The molecule has 0 aliphatic carbocycles. The number of aryl methyl sites for hydroxylation is 1. The molecule has 0 saturated heterocycles. The van der Waals surface area contributed by atoms with Gasteiger partial charge < -0.3 is 4.74 Å². The number of anilines is 1. The molecule has 0 unspecified atom stereocenters. The van der Waals surface area contributed by atoms with Gasteiger partial charge >= 0.3 is 0 Å². The quantitative estimate of drug-likeness (QED) is 0.499. The molecule has 0 spiro atoms. The van der Waals surface area contributed by atoms with Crippen molar-refractivity contribution in [3.05, 3.63) is 95.0 Å². The van der Waals surface area contributed by atoms with E-state index >= 15 is 0 Å². The summed E-state index contributed by atoms with van der Waals surface area (Å²) in [5, 5.41) is 0.570. The zero-order valence-corrected chi connectivity index (χ0v) is 18.0. The van der Waals surface area contributed by atoms with E-state index in [9.17, 15) is 13.2 Å². The van der Waals surface area contributed by atoms with Gasteiger partial charge in [-0.3, -0.25) is 4.79 Å². The molecule has 0 saturated carbocycles. The highest BCUT2D eigenvalue weighted by Gasteiger charge is 2.29. The molecule has 3 aromatic rings. The lowest BCUT2D eigenvalue weighted by Gasteiger charge is -2.21. The van der Waals surface area contributed by atoms with Crippen molar-refractivity contribution < 1.29 is 17.9 Å². The molecule has 30 heavy (non-hydrogen) atoms. The summed E-state index contributed by atoms with van der Waals surface area (Å²) < 4.78 is 32.5. The van der Waals surface area contributed by atoms with E-state index in [-0.39, 0.29) is 10.6 Å². The standard InChI is InChI=1S/C23H20ClNO4S/c1-17-3-14-22(15-4-17)30(27,28)25(20-10-12-21(29-2)13-11-20)23(26)16-7-18-5-8-19(24)9-6-18/h3-16H,1-2H3/b16-7+. The third kappa shape index (κ3) is 4.90. The van der Waals surface area contributed by atoms with Gasteiger partial charge in [0.25, 0.3) is 15.9 Å². The van der Waals surface area contributed by atoms with Gasteiger partial charge in [-0.15, -0.1) is 0 Å². The molecule has 0 aliphatic heterocycles. The Balaban J connectivity index is 2.03. The Labute approximate surface area is 181 Å². The molecule has 0 radical (unpaired) electrons. The van der Waals surface area contributed by atoms with Crippen LogP contribution in [0.25, 0.3) is 6.08 Å². The van der Waals surface area contributed by atoms with E-state index in [2.05, 4.69) is 0 Å². The number of hydrogen-bond donors (Lipinski definition) is 0. The zero-order valence-electron chi connectivity index (χ0n) is 16.4. The number of carbonyl (C=O) groups excluding carboxylic acids is 1. The monoisotopic (exact) mass is 441 g/mol. The summed E-state index contributed by atoms with van der Waals surface area (Å²) in [4.78, 5) is 13.1. The molecule has 1 amide bonds. The first-order chi connectivity index (χ1) is 14.3. The van der Waals surface area contributed by atoms with Gasteiger partial charge in [-0.2, -0.15) is 4.31 Å². The number of ether oxygens (including phenoxy) is 1. The summed E-state index contributed by atoms with van der Waals surface area (Å²) in [5.41, 5.74) is 1.84. The van der Waals surface area contributed by atoms with Gasteiger partial charge in [-0.1, -0.05) is 41.4 Å². The number of halogens is 1. The van der Waals surface area contributed by atoms with Gasteiger partial charge in [0.1, 0.15) is 5.75 Å². The third-order valence-corrected chi connectivity index (χ3v) is 6.35. The highest BCUT2D eigenvalue weighted by Crippen LogP contribution is 2.27. The average Bonchev–Trinajstić information content (AvgIpc) is 2.74. The lowest BCUT2D eigenvalue weighted by Crippen LogP contribution is -2.35. The molecule has 0 N–H and O–H groups in total. The number of sulfonamides is 1. The smallest absolute Gasteiger partial charge is 0.271 e. The fraction of sp³-hybridized carbons (Fsp3) is 0.0870. The predicted octanol–water partition coefficient (Wildman–Crippen LogP) is 5.09. The number of methoxy groups -OCH3 is 1. The minimum absolute atomic E-state index is 0.0251. The van der Waals surface area contributed by atoms with Crippen LogP contribution in [-0.2, 0) is 14.8 Å². The Morgan fingerprint density at radius 1 is 0.933 bits per heavy atom. The van der Waals surface area contributed by atoms with E-state index < -0.39 is 15.9 Å². The highest BCUT2D eigenvalue weighted by molar-refractivity contribution is 7.93. The summed E-state index contributed by atoms with van der Waals surface area (Å²) in [6, 6.07) is 19.4. The molecule has 3 rings (SSSR count). The van der Waals surface area contributed by atoms with Crippen molar-refractivity contribution in [3.8, 4) is 5.75 Å². The van der Waals surface area contributed by atoms with E-state index in [4.69, 9.17) is 16.3 Å². The van der Waals surface area contributed by atoms with E-state index in [1.165, 1.54) is 37.5 Å². The molecular formula is C23H20ClNO4S. The van der Waals surface area contributed by atoms with Crippen LogP contribution in [0.5, 0.6) is 5.75 Å². The van der Waals surface area contributed by atoms with E-state index in [0.717, 1.165) is 15.4 Å². The molecule has 3 aromatic carbocycles. The molecule has 0 heterocycles. The summed E-state index contributed by atoms with van der Waals surface area (Å²) in [5.74, 6) is -0.147. The van der Waals surface area contributed by atoms with Gasteiger partial charge in [0.15, 0.2) is 0 Å².